The van der Waals surface area contributed by atoms with E-state index in [9.17, 15) is 4.79 Å². The minimum Gasteiger partial charge on any atom is -0.497 e. The summed E-state index contributed by atoms with van der Waals surface area (Å²) in [6, 6.07) is 14.4. The fraction of sp³-hybridized carbons (Fsp3) is 0.118. The van der Waals surface area contributed by atoms with Gasteiger partial charge in [-0.1, -0.05) is 23.4 Å². The number of ether oxygens (including phenoxy) is 1. The van der Waals surface area contributed by atoms with Gasteiger partial charge in [-0.25, -0.2) is 4.98 Å². The molecule has 0 atom stereocenters. The van der Waals surface area contributed by atoms with Gasteiger partial charge in [0.25, 0.3) is 0 Å². The van der Waals surface area contributed by atoms with Crippen LogP contribution in [-0.4, -0.2) is 34.0 Å². The lowest BCUT2D eigenvalue weighted by Gasteiger charge is -2.05. The molecule has 2 aromatic carbocycles. The largest absolute Gasteiger partial charge is 0.497 e. The third kappa shape index (κ3) is 4.74. The molecule has 0 aliphatic heterocycles. The van der Waals surface area contributed by atoms with Crippen LogP contribution >= 0.6 is 23.4 Å². The minimum atomic E-state index is -0.131. The Balaban J connectivity index is 1.54. The van der Waals surface area contributed by atoms with Gasteiger partial charge < -0.3 is 10.1 Å². The molecule has 0 spiro atoms. The van der Waals surface area contributed by atoms with Gasteiger partial charge in [-0.15, -0.1) is 5.10 Å². The van der Waals surface area contributed by atoms with Gasteiger partial charge in [0.2, 0.25) is 11.1 Å². The number of benzene rings is 2. The smallest absolute Gasteiger partial charge is 0.234 e. The molecule has 3 aromatic rings. The van der Waals surface area contributed by atoms with E-state index in [0.717, 1.165) is 11.3 Å². The van der Waals surface area contributed by atoms with Gasteiger partial charge >= 0.3 is 0 Å². The van der Waals surface area contributed by atoms with Crippen LogP contribution in [0.3, 0.4) is 0 Å². The summed E-state index contributed by atoms with van der Waals surface area (Å²) in [5.41, 5.74) is 1.59. The van der Waals surface area contributed by atoms with E-state index in [1.807, 2.05) is 12.1 Å². The number of carbonyl (C=O) groups is 1. The predicted molar refractivity (Wildman–Crippen MR) is 99.2 cm³/mol. The summed E-state index contributed by atoms with van der Waals surface area (Å²) in [7, 11) is 1.60. The van der Waals surface area contributed by atoms with Gasteiger partial charge in [0, 0.05) is 16.3 Å². The molecular formula is C17H15ClN4O2S. The second-order valence-corrected chi connectivity index (χ2v) is 6.42. The van der Waals surface area contributed by atoms with Crippen molar-refractivity contribution in [2.24, 2.45) is 0 Å². The number of halogens is 1. The van der Waals surface area contributed by atoms with Crippen LogP contribution in [0.4, 0.5) is 5.69 Å². The summed E-state index contributed by atoms with van der Waals surface area (Å²) in [5.74, 6) is 1.45. The van der Waals surface area contributed by atoms with E-state index in [0.29, 0.717) is 21.7 Å². The third-order valence-electron chi connectivity index (χ3n) is 3.29. The Labute approximate surface area is 154 Å². The third-order valence-corrected chi connectivity index (χ3v) is 4.39. The number of hydrogen-bond donors (Lipinski definition) is 2. The van der Waals surface area contributed by atoms with Crippen molar-refractivity contribution >= 4 is 35.0 Å². The molecule has 6 nitrogen and oxygen atoms in total. The zero-order chi connectivity index (χ0) is 17.6. The first-order valence-electron chi connectivity index (χ1n) is 7.39. The summed E-state index contributed by atoms with van der Waals surface area (Å²) in [6.07, 6.45) is 0. The maximum absolute atomic E-state index is 12.0. The number of rotatable bonds is 6. The van der Waals surface area contributed by atoms with Crippen LogP contribution in [0.25, 0.3) is 11.4 Å². The van der Waals surface area contributed by atoms with Crippen LogP contribution in [0.1, 0.15) is 0 Å². The highest BCUT2D eigenvalue weighted by Gasteiger charge is 2.09. The van der Waals surface area contributed by atoms with Crippen LogP contribution in [0, 0.1) is 0 Å². The highest BCUT2D eigenvalue weighted by atomic mass is 35.5. The van der Waals surface area contributed by atoms with Gasteiger partial charge in [-0.05, 0) is 48.5 Å². The number of nitrogens with one attached hydrogen (secondary N) is 2. The first kappa shape index (κ1) is 17.3. The molecule has 128 valence electrons. The lowest BCUT2D eigenvalue weighted by Crippen LogP contribution is -2.14. The van der Waals surface area contributed by atoms with Crippen molar-refractivity contribution in [3.05, 3.63) is 53.6 Å². The number of carbonyl (C=O) groups excluding carboxylic acids is 1. The first-order chi connectivity index (χ1) is 12.1. The molecule has 0 radical (unpaired) electrons. The van der Waals surface area contributed by atoms with Crippen LogP contribution in [0.15, 0.2) is 53.7 Å². The van der Waals surface area contributed by atoms with Crippen LogP contribution in [-0.2, 0) is 4.79 Å². The molecule has 8 heteroatoms. The van der Waals surface area contributed by atoms with E-state index >= 15 is 0 Å². The lowest BCUT2D eigenvalue weighted by atomic mass is 10.2. The number of anilines is 1. The Hall–Kier alpha value is -2.51. The lowest BCUT2D eigenvalue weighted by molar-refractivity contribution is -0.113. The van der Waals surface area contributed by atoms with Crippen molar-refractivity contribution in [1.82, 2.24) is 15.2 Å². The molecule has 2 N–H and O–H groups in total. The summed E-state index contributed by atoms with van der Waals surface area (Å²) < 4.78 is 5.08. The topological polar surface area (TPSA) is 79.9 Å². The van der Waals surface area contributed by atoms with Gasteiger partial charge in [-0.2, -0.15) is 0 Å². The molecule has 1 heterocycles. The van der Waals surface area contributed by atoms with Crippen molar-refractivity contribution in [3.8, 4) is 17.1 Å². The normalized spacial score (nSPS) is 10.5. The first-order valence-corrected chi connectivity index (χ1v) is 8.75. The number of H-pyrrole nitrogens is 1. The van der Waals surface area contributed by atoms with Crippen molar-refractivity contribution in [1.29, 1.82) is 0 Å². The number of hydrogen-bond acceptors (Lipinski definition) is 5. The van der Waals surface area contributed by atoms with Gasteiger partial charge in [-0.3, -0.25) is 9.89 Å². The molecule has 1 amide bonds. The van der Waals surface area contributed by atoms with Gasteiger partial charge in [0.15, 0.2) is 5.82 Å². The zero-order valence-corrected chi connectivity index (χ0v) is 14.9. The van der Waals surface area contributed by atoms with Gasteiger partial charge in [0.1, 0.15) is 5.75 Å². The van der Waals surface area contributed by atoms with E-state index in [1.54, 1.807) is 43.5 Å². The average molecular weight is 375 g/mol. The number of thioether (sulfide) groups is 1. The van der Waals surface area contributed by atoms with Crippen molar-refractivity contribution in [3.63, 3.8) is 0 Å². The number of nitrogens with zero attached hydrogens (tertiary/aromatic N) is 2. The van der Waals surface area contributed by atoms with Gasteiger partial charge in [0.05, 0.1) is 12.9 Å². The molecule has 25 heavy (non-hydrogen) atoms. The molecule has 0 saturated carbocycles. The van der Waals surface area contributed by atoms with E-state index in [2.05, 4.69) is 20.5 Å². The maximum atomic E-state index is 12.0. The molecule has 0 aliphatic rings. The van der Waals surface area contributed by atoms with E-state index in [1.165, 1.54) is 11.8 Å². The molecule has 0 saturated heterocycles. The van der Waals surface area contributed by atoms with Crippen LogP contribution in [0.2, 0.25) is 5.02 Å². The minimum absolute atomic E-state index is 0.131. The number of methoxy groups -OCH3 is 1. The summed E-state index contributed by atoms with van der Waals surface area (Å²) >= 11 is 7.13. The van der Waals surface area contributed by atoms with Crippen LogP contribution in [0.5, 0.6) is 5.75 Å². The molecule has 0 fully saturated rings. The van der Waals surface area contributed by atoms with Crippen molar-refractivity contribution in [2.45, 2.75) is 5.16 Å². The second-order valence-electron chi connectivity index (χ2n) is 5.04. The van der Waals surface area contributed by atoms with E-state index in [4.69, 9.17) is 16.3 Å². The van der Waals surface area contributed by atoms with E-state index < -0.39 is 0 Å². The van der Waals surface area contributed by atoms with Crippen molar-refractivity contribution < 1.29 is 9.53 Å². The Morgan fingerprint density at radius 1 is 1.20 bits per heavy atom. The number of amides is 1. The monoisotopic (exact) mass is 374 g/mol. The Morgan fingerprint density at radius 3 is 2.60 bits per heavy atom. The summed E-state index contributed by atoms with van der Waals surface area (Å²) in [5, 5.41) is 11.0. The highest BCUT2D eigenvalue weighted by Crippen LogP contribution is 2.21. The molecular weight excluding hydrogens is 360 g/mol. The zero-order valence-electron chi connectivity index (χ0n) is 13.3. The molecule has 0 aliphatic carbocycles. The summed E-state index contributed by atoms with van der Waals surface area (Å²) in [6.45, 7) is 0. The highest BCUT2D eigenvalue weighted by molar-refractivity contribution is 7.99. The standard InChI is InChI=1S/C17H15ClN4O2S/c1-24-14-8-6-13(7-9-14)19-15(23)10-25-17-20-16(21-22-17)11-2-4-12(18)5-3-11/h2-9H,10H2,1H3,(H,19,23)(H,20,21,22). The van der Waals surface area contributed by atoms with Crippen molar-refractivity contribution in [2.75, 3.05) is 18.2 Å². The van der Waals surface area contributed by atoms with Crippen LogP contribution < -0.4 is 10.1 Å². The fourth-order valence-corrected chi connectivity index (χ4v) is 2.77. The number of aromatic amines is 1. The SMILES string of the molecule is COc1ccc(NC(=O)CSc2n[nH]c(-c3ccc(Cl)cc3)n2)cc1. The second kappa shape index (κ2) is 8.04. The summed E-state index contributed by atoms with van der Waals surface area (Å²) in [4.78, 5) is 16.4. The van der Waals surface area contributed by atoms with E-state index in [-0.39, 0.29) is 11.7 Å². The Morgan fingerprint density at radius 2 is 1.92 bits per heavy atom. The average Bonchev–Trinajstić information content (AvgIpc) is 3.10. The molecule has 0 unspecified atom stereocenters. The number of aromatic nitrogens is 3. The molecule has 0 bridgehead atoms. The maximum Gasteiger partial charge on any atom is 0.234 e. The predicted octanol–water partition coefficient (Wildman–Crippen LogP) is 3.86. The fourth-order valence-electron chi connectivity index (χ4n) is 2.05. The quantitative estimate of drug-likeness (QED) is 0.640. The Kier molecular flexibility index (Phi) is 5.57. The molecule has 1 aromatic heterocycles. The Bertz CT molecular complexity index is 850. The molecule has 3 rings (SSSR count).